The van der Waals surface area contributed by atoms with E-state index in [0.717, 1.165) is 0 Å². The summed E-state index contributed by atoms with van der Waals surface area (Å²) in [4.78, 5) is 12.9. The Balaban J connectivity index is 1.87. The first-order chi connectivity index (χ1) is 13.5. The maximum atomic E-state index is 12.7. The molecule has 2 aromatic rings. The largest absolute Gasteiger partial charge is 0.338 e. The van der Waals surface area contributed by atoms with Crippen molar-refractivity contribution >= 4 is 16.0 Å². The van der Waals surface area contributed by atoms with E-state index in [4.69, 9.17) is 0 Å². The van der Waals surface area contributed by atoms with Gasteiger partial charge in [-0.05, 0) is 25.0 Å². The minimum atomic E-state index is -3.47. The molecule has 10 heteroatoms. The lowest BCUT2D eigenvalue weighted by Crippen LogP contribution is -2.66. The van der Waals surface area contributed by atoms with Crippen LogP contribution in [0.15, 0.2) is 36.9 Å². The molecule has 3 rings (SSSR count). The van der Waals surface area contributed by atoms with Gasteiger partial charge < -0.3 is 4.90 Å². The van der Waals surface area contributed by atoms with E-state index in [1.807, 2.05) is 6.92 Å². The van der Waals surface area contributed by atoms with Crippen LogP contribution in [0.4, 0.5) is 5.95 Å². The fourth-order valence-corrected chi connectivity index (χ4v) is 5.08. The topological polar surface area (TPSA) is 96.3 Å². The third kappa shape index (κ3) is 4.50. The predicted octanol–water partition coefficient (Wildman–Crippen LogP) is 1.05. The van der Waals surface area contributed by atoms with Crippen molar-refractivity contribution in [3.8, 4) is 0 Å². The summed E-state index contributed by atoms with van der Waals surface area (Å²) in [5, 5.41) is 4.39. The molecule has 1 radical (unpaired) electrons. The van der Waals surface area contributed by atoms with Crippen LogP contribution in [0.25, 0.3) is 0 Å². The van der Waals surface area contributed by atoms with Crippen molar-refractivity contribution in [2.45, 2.75) is 32.0 Å². The molecule has 0 aromatic carbocycles. The number of anilines is 1. The van der Waals surface area contributed by atoms with E-state index < -0.39 is 15.8 Å². The number of nitrogens with zero attached hydrogens (tertiary/aromatic N) is 6. The summed E-state index contributed by atoms with van der Waals surface area (Å²) in [6.07, 6.45) is 8.55. The lowest BCUT2D eigenvalue weighted by molar-refractivity contribution is -0.0176. The molecule has 0 bridgehead atoms. The fraction of sp³-hybridized carbons (Fsp3) is 0.556. The molecule has 2 aromatic heterocycles. The van der Waals surface area contributed by atoms with E-state index in [9.17, 15) is 8.42 Å². The van der Waals surface area contributed by atoms with Crippen LogP contribution in [0.2, 0.25) is 0 Å². The number of piperazine rings is 1. The molecule has 153 valence electrons. The first-order valence-electron chi connectivity index (χ1n) is 9.59. The van der Waals surface area contributed by atoms with E-state index >= 15 is 0 Å². The molecule has 1 atom stereocenters. The van der Waals surface area contributed by atoms with Gasteiger partial charge in [0.25, 0.3) is 0 Å². The second-order valence-electron chi connectivity index (χ2n) is 6.81. The summed E-state index contributed by atoms with van der Waals surface area (Å²) in [5.41, 5.74) is 0. The van der Waals surface area contributed by atoms with Gasteiger partial charge in [-0.1, -0.05) is 13.8 Å². The van der Waals surface area contributed by atoms with Crippen molar-refractivity contribution in [2.24, 2.45) is 0 Å². The lowest BCUT2D eigenvalue weighted by Gasteiger charge is -2.47. The summed E-state index contributed by atoms with van der Waals surface area (Å²) in [6.45, 7) is 8.52. The van der Waals surface area contributed by atoms with Gasteiger partial charge in [-0.25, -0.2) is 23.1 Å². The van der Waals surface area contributed by atoms with Gasteiger partial charge in [0.2, 0.25) is 16.0 Å². The molecule has 1 unspecified atom stereocenters. The molecular formula is C18H28N7O2S. The molecule has 0 aliphatic carbocycles. The highest BCUT2D eigenvalue weighted by molar-refractivity contribution is 7.89. The number of nitrogens with one attached hydrogen (secondary N) is 1. The van der Waals surface area contributed by atoms with Crippen LogP contribution in [0, 0.1) is 6.92 Å². The molecule has 9 nitrogen and oxygen atoms in total. The molecule has 0 spiro atoms. The third-order valence-electron chi connectivity index (χ3n) is 4.84. The van der Waals surface area contributed by atoms with E-state index in [2.05, 4.69) is 36.5 Å². The minimum Gasteiger partial charge on any atom is -0.338 e. The highest BCUT2D eigenvalue weighted by Gasteiger charge is 2.43. The normalized spacial score (nSPS) is 18.1. The van der Waals surface area contributed by atoms with Crippen LogP contribution in [-0.2, 0) is 15.8 Å². The van der Waals surface area contributed by atoms with Crippen LogP contribution < -0.4 is 9.62 Å². The number of rotatable bonds is 9. The fourth-order valence-electron chi connectivity index (χ4n) is 3.61. The molecule has 0 amide bonds. The third-order valence-corrected chi connectivity index (χ3v) is 6.42. The van der Waals surface area contributed by atoms with Crippen LogP contribution in [0.5, 0.6) is 0 Å². The van der Waals surface area contributed by atoms with Crippen LogP contribution in [0.1, 0.15) is 26.2 Å². The summed E-state index contributed by atoms with van der Waals surface area (Å²) >= 11 is 0. The monoisotopic (exact) mass is 406 g/mol. The molecule has 0 saturated carbocycles. The smallest absolute Gasteiger partial charge is 0.225 e. The molecule has 1 saturated heterocycles. The lowest BCUT2D eigenvalue weighted by atomic mass is 10.1. The SMILES string of the molecule is [CH2]CCC(NS(=O)(=O)CCC)(N1CCN(c2ncccn2)CC1)n1cccn1. The quantitative estimate of drug-likeness (QED) is 0.665. The summed E-state index contributed by atoms with van der Waals surface area (Å²) < 4.78 is 30.1. The predicted molar refractivity (Wildman–Crippen MR) is 108 cm³/mol. The van der Waals surface area contributed by atoms with Gasteiger partial charge in [0, 0.05) is 57.4 Å². The molecule has 1 N–H and O–H groups in total. The van der Waals surface area contributed by atoms with Crippen molar-refractivity contribution in [2.75, 3.05) is 36.8 Å². The molecule has 1 aliphatic heterocycles. The van der Waals surface area contributed by atoms with Gasteiger partial charge >= 0.3 is 0 Å². The van der Waals surface area contributed by atoms with Gasteiger partial charge in [0.05, 0.1) is 5.75 Å². The van der Waals surface area contributed by atoms with Gasteiger partial charge in [-0.3, -0.25) is 4.90 Å². The number of hydrogen-bond acceptors (Lipinski definition) is 7. The van der Waals surface area contributed by atoms with E-state index in [1.165, 1.54) is 0 Å². The van der Waals surface area contributed by atoms with Crippen molar-refractivity contribution in [1.82, 2.24) is 29.4 Å². The van der Waals surface area contributed by atoms with Crippen molar-refractivity contribution in [1.29, 1.82) is 0 Å². The van der Waals surface area contributed by atoms with E-state index in [-0.39, 0.29) is 5.75 Å². The van der Waals surface area contributed by atoms with Gasteiger partial charge in [0.15, 0.2) is 5.79 Å². The molecular weight excluding hydrogens is 378 g/mol. The van der Waals surface area contributed by atoms with Crippen LogP contribution in [0.3, 0.4) is 0 Å². The van der Waals surface area contributed by atoms with Gasteiger partial charge in [-0.15, -0.1) is 0 Å². The zero-order valence-corrected chi connectivity index (χ0v) is 17.1. The standard InChI is InChI=1S/C18H28N7O2S/c1-3-7-18(25-11-6-10-21-25,22-28(26,27)16-4-2)24-14-12-23(13-15-24)17-19-8-5-9-20-17/h5-6,8-11,22H,1,3-4,7,12-16H2,2H3. The zero-order chi connectivity index (χ0) is 20.0. The van der Waals surface area contributed by atoms with Gasteiger partial charge in [-0.2, -0.15) is 9.82 Å². The minimum absolute atomic E-state index is 0.0744. The van der Waals surface area contributed by atoms with Crippen molar-refractivity contribution in [3.63, 3.8) is 0 Å². The van der Waals surface area contributed by atoms with Crippen LogP contribution >= 0.6 is 0 Å². The number of sulfonamides is 1. The first kappa shape index (κ1) is 20.7. The van der Waals surface area contributed by atoms with Crippen molar-refractivity contribution in [3.05, 3.63) is 43.8 Å². The summed E-state index contributed by atoms with van der Waals surface area (Å²) in [7, 11) is -3.47. The molecule has 1 aliphatic rings. The first-order valence-corrected chi connectivity index (χ1v) is 11.2. The number of hydrogen-bond donors (Lipinski definition) is 1. The second kappa shape index (κ2) is 8.97. The summed E-state index contributed by atoms with van der Waals surface area (Å²) in [5.74, 6) is -0.205. The number of aromatic nitrogens is 4. The van der Waals surface area contributed by atoms with E-state index in [1.54, 1.807) is 41.6 Å². The Morgan fingerprint density at radius 1 is 1.14 bits per heavy atom. The second-order valence-corrected chi connectivity index (χ2v) is 8.66. The highest BCUT2D eigenvalue weighted by Crippen LogP contribution is 2.27. The average molecular weight is 407 g/mol. The maximum absolute atomic E-state index is 12.7. The zero-order valence-electron chi connectivity index (χ0n) is 16.2. The van der Waals surface area contributed by atoms with Crippen molar-refractivity contribution < 1.29 is 8.42 Å². The Labute approximate surface area is 166 Å². The Morgan fingerprint density at radius 2 is 1.86 bits per heavy atom. The Morgan fingerprint density at radius 3 is 2.43 bits per heavy atom. The molecule has 1 fully saturated rings. The average Bonchev–Trinajstić information content (AvgIpc) is 3.23. The Hall–Kier alpha value is -2.04. The maximum Gasteiger partial charge on any atom is 0.225 e. The van der Waals surface area contributed by atoms with E-state index in [0.29, 0.717) is 51.4 Å². The molecule has 3 heterocycles. The van der Waals surface area contributed by atoms with Crippen LogP contribution in [-0.4, -0.2) is 65.0 Å². The molecule has 28 heavy (non-hydrogen) atoms. The van der Waals surface area contributed by atoms with Gasteiger partial charge in [0.1, 0.15) is 0 Å². The Kier molecular flexibility index (Phi) is 6.63. The summed E-state index contributed by atoms with van der Waals surface area (Å²) in [6, 6.07) is 3.60. The Bertz CT molecular complexity index is 821. The highest BCUT2D eigenvalue weighted by atomic mass is 32.2.